The minimum atomic E-state index is -0.713. The van der Waals surface area contributed by atoms with Crippen LogP contribution in [0.1, 0.15) is 31.9 Å². The van der Waals surface area contributed by atoms with Gasteiger partial charge in [-0.3, -0.25) is 14.5 Å². The third-order valence-electron chi connectivity index (χ3n) is 9.26. The van der Waals surface area contributed by atoms with Crippen molar-refractivity contribution in [3.05, 3.63) is 92.6 Å². The first-order valence-electron chi connectivity index (χ1n) is 16.2. The number of rotatable bonds is 7. The first-order valence-corrected chi connectivity index (χ1v) is 16.2. The zero-order chi connectivity index (χ0) is 34.4. The highest BCUT2D eigenvalue weighted by Crippen LogP contribution is 2.29. The number of halogens is 1. The summed E-state index contributed by atoms with van der Waals surface area (Å²) in [6.45, 7) is 10.7. The minimum Gasteiger partial charge on any atom is -0.392 e. The van der Waals surface area contributed by atoms with Crippen molar-refractivity contribution < 1.29 is 14.2 Å². The second-order valence-electron chi connectivity index (χ2n) is 13.5. The van der Waals surface area contributed by atoms with E-state index in [4.69, 9.17) is 4.74 Å². The van der Waals surface area contributed by atoms with Gasteiger partial charge in [0.05, 0.1) is 55.0 Å². The number of benzene rings is 1. The number of pyridine rings is 2. The molecule has 0 spiro atoms. The quantitative estimate of drug-likeness (QED) is 0.264. The van der Waals surface area contributed by atoms with Crippen molar-refractivity contribution >= 4 is 28.0 Å². The molecule has 4 aromatic heterocycles. The van der Waals surface area contributed by atoms with Crippen LogP contribution in [0.4, 0.5) is 21.6 Å². The van der Waals surface area contributed by atoms with Crippen molar-refractivity contribution in [2.45, 2.75) is 38.8 Å². The summed E-state index contributed by atoms with van der Waals surface area (Å²) in [6.07, 6.45) is 4.65. The van der Waals surface area contributed by atoms with E-state index >= 15 is 4.39 Å². The van der Waals surface area contributed by atoms with Crippen molar-refractivity contribution in [2.75, 3.05) is 49.6 Å². The highest BCUT2D eigenvalue weighted by Gasteiger charge is 2.29. The number of nitrogens with zero attached hydrogens (tertiary/aromatic N) is 8. The fourth-order valence-electron chi connectivity index (χ4n) is 6.27. The molecule has 13 nitrogen and oxygen atoms in total. The molecular weight excluding hydrogens is 629 g/mol. The number of aliphatic hydroxyl groups excluding tert-OH is 1. The molecule has 2 fully saturated rings. The molecule has 2 saturated heterocycles. The molecule has 0 aliphatic carbocycles. The molecule has 1 aromatic carbocycles. The molecule has 5 aromatic rings. The summed E-state index contributed by atoms with van der Waals surface area (Å²) >= 11 is 0. The second kappa shape index (κ2) is 12.8. The van der Waals surface area contributed by atoms with Crippen LogP contribution >= 0.6 is 0 Å². The number of aryl methyl sites for hydroxylation is 1. The molecule has 254 valence electrons. The Morgan fingerprint density at radius 2 is 1.78 bits per heavy atom. The number of nitrogens with one attached hydrogen (secondary N) is 1. The van der Waals surface area contributed by atoms with Crippen molar-refractivity contribution in [1.82, 2.24) is 34.4 Å². The lowest BCUT2D eigenvalue weighted by Crippen LogP contribution is -2.56. The Bertz CT molecular complexity index is 2150. The van der Waals surface area contributed by atoms with E-state index in [9.17, 15) is 14.7 Å². The monoisotopic (exact) mass is 667 g/mol. The summed E-state index contributed by atoms with van der Waals surface area (Å²) in [7, 11) is 1.52. The van der Waals surface area contributed by atoms with Crippen molar-refractivity contribution in [3.63, 3.8) is 0 Å². The molecule has 2 aliphatic heterocycles. The summed E-state index contributed by atoms with van der Waals surface area (Å²) in [5.41, 5.74) is 1.49. The van der Waals surface area contributed by atoms with Crippen LogP contribution in [0.15, 0.2) is 64.6 Å². The fraction of sp³-hybridized carbons (Fsp3) is 0.371. The highest BCUT2D eigenvalue weighted by atomic mass is 19.1. The molecule has 0 bridgehead atoms. The normalized spacial score (nSPS) is 15.8. The zero-order valence-electron chi connectivity index (χ0n) is 27.9. The summed E-state index contributed by atoms with van der Waals surface area (Å²) in [5, 5.41) is 22.6. The third kappa shape index (κ3) is 6.18. The topological polar surface area (TPSA) is 144 Å². The lowest BCUT2D eigenvalue weighted by molar-refractivity contribution is -0.0660. The molecule has 7 rings (SSSR count). The Morgan fingerprint density at radius 1 is 1.00 bits per heavy atom. The number of hydrogen-bond acceptors (Lipinski definition) is 11. The Hall–Kier alpha value is -5.05. The van der Waals surface area contributed by atoms with Gasteiger partial charge < -0.3 is 20.1 Å². The number of ether oxygens (including phenoxy) is 1. The molecule has 0 unspecified atom stereocenters. The van der Waals surface area contributed by atoms with Gasteiger partial charge in [0, 0.05) is 55.9 Å². The summed E-state index contributed by atoms with van der Waals surface area (Å²) in [4.78, 5) is 40.4. The van der Waals surface area contributed by atoms with E-state index in [0.717, 1.165) is 55.3 Å². The van der Waals surface area contributed by atoms with Gasteiger partial charge >= 0.3 is 0 Å². The van der Waals surface area contributed by atoms with E-state index < -0.39 is 18.0 Å². The average molecular weight is 668 g/mol. The van der Waals surface area contributed by atoms with Gasteiger partial charge in [0.1, 0.15) is 17.3 Å². The van der Waals surface area contributed by atoms with Gasteiger partial charge in [-0.05, 0) is 47.4 Å². The standard InChI is InChI=1S/C35H38FN9O4/c1-35(2,3)22-13-21-16-39-45(34(48)31(21)27(36)14-22)32-26(18-46)25(7-8-37-32)28-15-29(33(47)42(4)41-28)40-30-6-5-23(17-38-30)43-9-11-44(12-10-43)24-19-49-20-24/h5-8,13-17,24,46H,9-12,18-20H2,1-4H3,(H,38,40). The summed E-state index contributed by atoms with van der Waals surface area (Å²) < 4.78 is 22.9. The lowest BCUT2D eigenvalue weighted by Gasteiger charge is -2.43. The number of hydrogen-bond donors (Lipinski definition) is 2. The predicted octanol–water partition coefficient (Wildman–Crippen LogP) is 3.13. The number of aromatic nitrogens is 6. The minimum absolute atomic E-state index is 0.0236. The number of piperazine rings is 1. The Labute approximate surface area is 281 Å². The molecule has 0 radical (unpaired) electrons. The van der Waals surface area contributed by atoms with E-state index in [2.05, 4.69) is 35.3 Å². The first kappa shape index (κ1) is 32.5. The largest absolute Gasteiger partial charge is 0.392 e. The molecule has 0 saturated carbocycles. The smallest absolute Gasteiger partial charge is 0.290 e. The van der Waals surface area contributed by atoms with E-state index in [1.165, 1.54) is 30.2 Å². The zero-order valence-corrected chi connectivity index (χ0v) is 27.9. The van der Waals surface area contributed by atoms with Gasteiger partial charge in [-0.2, -0.15) is 14.9 Å². The van der Waals surface area contributed by atoms with Gasteiger partial charge in [0.15, 0.2) is 5.82 Å². The molecule has 49 heavy (non-hydrogen) atoms. The maximum absolute atomic E-state index is 15.4. The molecule has 2 N–H and O–H groups in total. The van der Waals surface area contributed by atoms with Crippen LogP contribution in [-0.2, 0) is 23.8 Å². The van der Waals surface area contributed by atoms with E-state index in [1.807, 2.05) is 32.9 Å². The Morgan fingerprint density at radius 3 is 2.43 bits per heavy atom. The van der Waals surface area contributed by atoms with E-state index in [1.54, 1.807) is 24.4 Å². The Balaban J connectivity index is 1.18. The van der Waals surface area contributed by atoms with E-state index in [-0.39, 0.29) is 33.4 Å². The van der Waals surface area contributed by atoms with E-state index in [0.29, 0.717) is 28.5 Å². The second-order valence-corrected chi connectivity index (χ2v) is 13.5. The highest BCUT2D eigenvalue weighted by molar-refractivity contribution is 5.83. The third-order valence-corrected chi connectivity index (χ3v) is 9.26. The molecular formula is C35H38FN9O4. The predicted molar refractivity (Wildman–Crippen MR) is 184 cm³/mol. The molecule has 0 amide bonds. The maximum atomic E-state index is 15.4. The van der Waals surface area contributed by atoms with Crippen LogP contribution < -0.4 is 21.3 Å². The number of anilines is 3. The van der Waals surface area contributed by atoms with Crippen molar-refractivity contribution in [2.24, 2.45) is 7.05 Å². The molecule has 0 atom stereocenters. The number of fused-ring (bicyclic) bond motifs is 1. The molecule has 6 heterocycles. The summed E-state index contributed by atoms with van der Waals surface area (Å²) in [6, 6.07) is 10.6. The van der Waals surface area contributed by atoms with Gasteiger partial charge in [-0.15, -0.1) is 0 Å². The Kier molecular flexibility index (Phi) is 8.47. The van der Waals surface area contributed by atoms with Crippen LogP contribution in [0.5, 0.6) is 0 Å². The van der Waals surface area contributed by atoms with Crippen molar-refractivity contribution in [1.29, 1.82) is 0 Å². The van der Waals surface area contributed by atoms with Crippen LogP contribution in [0.3, 0.4) is 0 Å². The molecule has 14 heteroatoms. The fourth-order valence-corrected chi connectivity index (χ4v) is 6.27. The van der Waals surface area contributed by atoms with Gasteiger partial charge in [0.2, 0.25) is 0 Å². The first-order chi connectivity index (χ1) is 23.5. The molecule has 2 aliphatic rings. The maximum Gasteiger partial charge on any atom is 0.290 e. The van der Waals surface area contributed by atoms with Crippen LogP contribution in [0.25, 0.3) is 27.8 Å². The van der Waals surface area contributed by atoms with Gasteiger partial charge in [-0.25, -0.2) is 19.0 Å². The SMILES string of the molecule is Cn1nc(-c2ccnc(-n3ncc4cc(C(C)(C)C)cc(F)c4c3=O)c2CO)cc(Nc2ccc(N3CCN(C4COC4)CC3)cn2)c1=O. The van der Waals surface area contributed by atoms with Crippen LogP contribution in [0.2, 0.25) is 0 Å². The van der Waals surface area contributed by atoms with Gasteiger partial charge in [0.25, 0.3) is 11.1 Å². The number of aliphatic hydroxyl groups is 1. The summed E-state index contributed by atoms with van der Waals surface area (Å²) in [5.74, 6) is -0.162. The van der Waals surface area contributed by atoms with Crippen molar-refractivity contribution in [3.8, 4) is 17.1 Å². The lowest BCUT2D eigenvalue weighted by atomic mass is 9.86. The average Bonchev–Trinajstić information content (AvgIpc) is 3.06. The van der Waals surface area contributed by atoms with Crippen LogP contribution in [-0.4, -0.2) is 85.0 Å². The van der Waals surface area contributed by atoms with Gasteiger partial charge in [-0.1, -0.05) is 20.8 Å². The van der Waals surface area contributed by atoms with Crippen LogP contribution in [0, 0.1) is 5.82 Å².